The Morgan fingerprint density at radius 2 is 1.59 bits per heavy atom. The van der Waals surface area contributed by atoms with Gasteiger partial charge in [0.15, 0.2) is 0 Å². The molecule has 3 aromatic heterocycles. The maximum Gasteiger partial charge on any atom is 0.137 e. The molecule has 0 N–H and O–H groups in total. The predicted octanol–water partition coefficient (Wildman–Crippen LogP) is 10.8. The summed E-state index contributed by atoms with van der Waals surface area (Å²) in [5, 5.41) is 7.59. The third kappa shape index (κ3) is 5.22. The number of para-hydroxylation sites is 1. The smallest absolute Gasteiger partial charge is 0.137 e. The molecule has 6 aromatic rings. The minimum Gasteiger partial charge on any atom is -0.457 e. The van der Waals surface area contributed by atoms with E-state index in [0.717, 1.165) is 51.7 Å². The highest BCUT2D eigenvalue weighted by Crippen LogP contribution is 2.45. The molecule has 0 amide bonds. The molecule has 0 fully saturated rings. The van der Waals surface area contributed by atoms with E-state index in [1.807, 2.05) is 12.3 Å². The number of hydrogen-bond acceptors (Lipinski definition) is 3. The maximum absolute atomic E-state index is 6.67. The molecule has 5 heteroatoms. The van der Waals surface area contributed by atoms with Crippen LogP contribution in [-0.2, 0) is 5.41 Å². The van der Waals surface area contributed by atoms with E-state index in [-0.39, 0.29) is 5.41 Å². The summed E-state index contributed by atoms with van der Waals surface area (Å²) in [5.74, 6) is 3.45. The van der Waals surface area contributed by atoms with Crippen molar-refractivity contribution in [1.82, 2.24) is 19.3 Å². The Morgan fingerprint density at radius 3 is 2.35 bits per heavy atom. The first-order valence-electron chi connectivity index (χ1n) is 16.5. The van der Waals surface area contributed by atoms with Gasteiger partial charge in [0.05, 0.1) is 28.1 Å². The summed E-state index contributed by atoms with van der Waals surface area (Å²) in [7, 11) is 0. The number of ether oxygens (including phenoxy) is 1. The van der Waals surface area contributed by atoms with Gasteiger partial charge in [-0.25, -0.2) is 9.67 Å². The van der Waals surface area contributed by atoms with Crippen LogP contribution in [0.25, 0.3) is 33.3 Å². The summed E-state index contributed by atoms with van der Waals surface area (Å²) in [4.78, 5) is 4.74. The van der Waals surface area contributed by atoms with Gasteiger partial charge in [0.1, 0.15) is 17.3 Å². The van der Waals surface area contributed by atoms with Gasteiger partial charge in [0.2, 0.25) is 0 Å². The van der Waals surface area contributed by atoms with E-state index in [9.17, 15) is 0 Å². The van der Waals surface area contributed by atoms with Gasteiger partial charge in [0, 0.05) is 46.0 Å². The van der Waals surface area contributed by atoms with Crippen molar-refractivity contribution >= 4 is 21.8 Å². The normalized spacial score (nSPS) is 17.1. The fraction of sp³-hybridized carbons (Fsp3) is 0.317. The summed E-state index contributed by atoms with van der Waals surface area (Å²) in [5.41, 5.74) is 10.7. The molecule has 2 atom stereocenters. The molecular formula is C41H44N4O. The average Bonchev–Trinajstić information content (AvgIpc) is 3.51. The molecule has 0 saturated heterocycles. The van der Waals surface area contributed by atoms with E-state index in [2.05, 4.69) is 137 Å². The summed E-state index contributed by atoms with van der Waals surface area (Å²) < 4.78 is 11.1. The Kier molecular flexibility index (Phi) is 7.38. The number of nitrogens with zero attached hydrogens (tertiary/aromatic N) is 4. The maximum atomic E-state index is 6.67. The first-order chi connectivity index (χ1) is 22.0. The zero-order valence-corrected chi connectivity index (χ0v) is 28.3. The van der Waals surface area contributed by atoms with Crippen molar-refractivity contribution in [3.05, 3.63) is 119 Å². The van der Waals surface area contributed by atoms with Crippen molar-refractivity contribution in [2.24, 2.45) is 5.92 Å². The summed E-state index contributed by atoms with van der Waals surface area (Å²) in [6, 6.07) is 25.5. The highest BCUT2D eigenvalue weighted by molar-refractivity contribution is 6.09. The molecular weight excluding hydrogens is 564 g/mol. The Balaban J connectivity index is 1.33. The fourth-order valence-corrected chi connectivity index (χ4v) is 7.60. The molecule has 0 radical (unpaired) electrons. The largest absolute Gasteiger partial charge is 0.457 e. The Morgan fingerprint density at radius 1 is 0.804 bits per heavy atom. The minimum absolute atomic E-state index is 0.0961. The SMILES string of the molecule is CC1=CCC[C@H](C)C1c1c(C)nn(-c2cc(C)cc(Oc3ccc4c5ccccc5n(-c5cc(C)ccn5)c4c3)c2)c1C(C)(C)C. The lowest BCUT2D eigenvalue weighted by molar-refractivity contribution is 0.437. The van der Waals surface area contributed by atoms with Gasteiger partial charge < -0.3 is 4.74 Å². The van der Waals surface area contributed by atoms with Gasteiger partial charge >= 0.3 is 0 Å². The average molecular weight is 609 g/mol. The Hall–Kier alpha value is -4.64. The van der Waals surface area contributed by atoms with Gasteiger partial charge in [0.25, 0.3) is 0 Å². The molecule has 1 aliphatic rings. The topological polar surface area (TPSA) is 44.9 Å². The van der Waals surface area contributed by atoms with Crippen molar-refractivity contribution in [3.63, 3.8) is 0 Å². The molecule has 0 spiro atoms. The Bertz CT molecular complexity index is 2140. The van der Waals surface area contributed by atoms with Crippen molar-refractivity contribution < 1.29 is 4.74 Å². The summed E-state index contributed by atoms with van der Waals surface area (Å²) >= 11 is 0. The minimum atomic E-state index is -0.0961. The third-order valence-corrected chi connectivity index (χ3v) is 9.57. The van der Waals surface area contributed by atoms with E-state index in [1.54, 1.807) is 0 Å². The number of aromatic nitrogens is 4. The number of hydrogen-bond donors (Lipinski definition) is 0. The molecule has 1 unspecified atom stereocenters. The van der Waals surface area contributed by atoms with Crippen LogP contribution >= 0.6 is 0 Å². The van der Waals surface area contributed by atoms with E-state index in [0.29, 0.717) is 11.8 Å². The molecule has 3 aromatic carbocycles. The fourth-order valence-electron chi connectivity index (χ4n) is 7.60. The molecule has 5 nitrogen and oxygen atoms in total. The number of rotatable bonds is 5. The van der Waals surface area contributed by atoms with Crippen LogP contribution in [-0.4, -0.2) is 19.3 Å². The zero-order chi connectivity index (χ0) is 32.3. The molecule has 0 bridgehead atoms. The highest BCUT2D eigenvalue weighted by Gasteiger charge is 2.35. The first kappa shape index (κ1) is 30.0. The lowest BCUT2D eigenvalue weighted by Gasteiger charge is -2.32. The lowest BCUT2D eigenvalue weighted by atomic mass is 9.72. The summed E-state index contributed by atoms with van der Waals surface area (Å²) in [6.45, 7) is 18.0. The van der Waals surface area contributed by atoms with Crippen LogP contribution in [0.4, 0.5) is 0 Å². The predicted molar refractivity (Wildman–Crippen MR) is 190 cm³/mol. The second-order valence-corrected chi connectivity index (χ2v) is 14.3. The lowest BCUT2D eigenvalue weighted by Crippen LogP contribution is -2.24. The molecule has 0 aliphatic heterocycles. The molecule has 1 aliphatic carbocycles. The zero-order valence-electron chi connectivity index (χ0n) is 28.3. The van der Waals surface area contributed by atoms with Gasteiger partial charge in [-0.15, -0.1) is 0 Å². The molecule has 0 saturated carbocycles. The van der Waals surface area contributed by atoms with Crippen LogP contribution in [0.5, 0.6) is 11.5 Å². The van der Waals surface area contributed by atoms with Crippen LogP contribution in [0, 0.1) is 26.7 Å². The van der Waals surface area contributed by atoms with Gasteiger partial charge in [-0.05, 0) is 100 Å². The second kappa shape index (κ2) is 11.3. The second-order valence-electron chi connectivity index (χ2n) is 14.3. The molecule has 234 valence electrons. The molecule has 3 heterocycles. The Labute approximate surface area is 272 Å². The van der Waals surface area contributed by atoms with Crippen LogP contribution in [0.15, 0.2) is 90.6 Å². The number of fused-ring (bicyclic) bond motifs is 3. The number of pyridine rings is 1. The number of allylic oxidation sites excluding steroid dienone is 2. The van der Waals surface area contributed by atoms with Crippen molar-refractivity contribution in [2.75, 3.05) is 0 Å². The van der Waals surface area contributed by atoms with Gasteiger partial charge in [-0.2, -0.15) is 5.10 Å². The summed E-state index contributed by atoms with van der Waals surface area (Å²) in [6.07, 6.45) is 6.68. The standard InChI is InChI=1S/C41H44N4O/c1-25-18-19-42-37(22-25)44-35-15-10-9-14-33(35)34-17-16-31(24-36(34)44)46-32-21-26(2)20-30(23-32)45-40(41(6,7)8)39(29(5)43-45)38-27(3)12-11-13-28(38)4/h9-10,12,14-24,28,38H,11,13H2,1-8H3/t28-,38?/m0/s1. The first-order valence-corrected chi connectivity index (χ1v) is 16.5. The molecule has 7 rings (SSSR count). The highest BCUT2D eigenvalue weighted by atomic mass is 16.5. The monoisotopic (exact) mass is 608 g/mol. The van der Waals surface area contributed by atoms with E-state index < -0.39 is 0 Å². The van der Waals surface area contributed by atoms with Gasteiger partial charge in [-0.1, -0.05) is 57.5 Å². The number of benzene rings is 3. The van der Waals surface area contributed by atoms with Crippen LogP contribution < -0.4 is 4.74 Å². The van der Waals surface area contributed by atoms with Crippen LogP contribution in [0.1, 0.15) is 81.5 Å². The van der Waals surface area contributed by atoms with E-state index in [1.165, 1.54) is 39.6 Å². The van der Waals surface area contributed by atoms with Crippen molar-refractivity contribution in [3.8, 4) is 23.0 Å². The van der Waals surface area contributed by atoms with E-state index >= 15 is 0 Å². The van der Waals surface area contributed by atoms with E-state index in [4.69, 9.17) is 14.8 Å². The quantitative estimate of drug-likeness (QED) is 0.183. The van der Waals surface area contributed by atoms with Crippen molar-refractivity contribution in [2.45, 2.75) is 79.6 Å². The van der Waals surface area contributed by atoms with Crippen molar-refractivity contribution in [1.29, 1.82) is 0 Å². The van der Waals surface area contributed by atoms with Gasteiger partial charge in [-0.3, -0.25) is 4.57 Å². The van der Waals surface area contributed by atoms with Crippen LogP contribution in [0.2, 0.25) is 0 Å². The molecule has 46 heavy (non-hydrogen) atoms. The van der Waals surface area contributed by atoms with Crippen LogP contribution in [0.3, 0.4) is 0 Å². The number of aryl methyl sites for hydroxylation is 3. The third-order valence-electron chi connectivity index (χ3n) is 9.57.